The van der Waals surface area contributed by atoms with Crippen molar-refractivity contribution in [2.24, 2.45) is 10.7 Å². The van der Waals surface area contributed by atoms with Crippen molar-refractivity contribution in [3.8, 4) is 17.2 Å². The number of benzene rings is 1. The highest BCUT2D eigenvalue weighted by Crippen LogP contribution is 2.28. The summed E-state index contributed by atoms with van der Waals surface area (Å²) < 4.78 is 24.3. The quantitative estimate of drug-likeness (QED) is 0.138. The van der Waals surface area contributed by atoms with Gasteiger partial charge in [-0.15, -0.1) is 0 Å². The standard InChI is InChI=1S/C14H10BrFN8O3S/c1-18-20-13(17)19-4-5-28-12-10(21-27-23-12)11-22-26-14(25)24(11)7-2-3-9(16)8(15)6-7/h2-3,6H,4-5H2,(H3,17,19,20). The molecule has 0 spiro atoms. The first-order valence-corrected chi connectivity index (χ1v) is 9.21. The van der Waals surface area contributed by atoms with Crippen molar-refractivity contribution in [1.82, 2.24) is 25.5 Å². The number of halogens is 2. The van der Waals surface area contributed by atoms with E-state index in [4.69, 9.17) is 21.5 Å². The average Bonchev–Trinajstić information content (AvgIpc) is 3.27. The maximum absolute atomic E-state index is 13.5. The molecule has 0 saturated carbocycles. The van der Waals surface area contributed by atoms with E-state index in [-0.39, 0.29) is 22.0 Å². The van der Waals surface area contributed by atoms with Crippen LogP contribution in [0.15, 0.2) is 46.6 Å². The zero-order valence-electron chi connectivity index (χ0n) is 13.8. The van der Waals surface area contributed by atoms with Crippen molar-refractivity contribution < 1.29 is 13.5 Å². The van der Waals surface area contributed by atoms with E-state index in [9.17, 15) is 9.18 Å². The number of guanidine groups is 1. The van der Waals surface area contributed by atoms with Crippen LogP contribution in [0.2, 0.25) is 0 Å². The van der Waals surface area contributed by atoms with Crippen LogP contribution in [0.3, 0.4) is 0 Å². The number of thioether (sulfide) groups is 1. The van der Waals surface area contributed by atoms with Gasteiger partial charge >= 0.3 is 5.76 Å². The van der Waals surface area contributed by atoms with Crippen LogP contribution < -0.4 is 16.9 Å². The van der Waals surface area contributed by atoms with Crippen molar-refractivity contribution >= 4 is 33.7 Å². The lowest BCUT2D eigenvalue weighted by atomic mass is 10.3. The van der Waals surface area contributed by atoms with E-state index < -0.39 is 11.6 Å². The molecule has 0 aliphatic heterocycles. The van der Waals surface area contributed by atoms with Gasteiger partial charge in [0, 0.05) is 5.75 Å². The van der Waals surface area contributed by atoms with Crippen molar-refractivity contribution in [3.05, 3.63) is 50.6 Å². The van der Waals surface area contributed by atoms with Crippen LogP contribution in [-0.4, -0.2) is 38.3 Å². The van der Waals surface area contributed by atoms with Gasteiger partial charge in [0.15, 0.2) is 10.7 Å². The molecule has 0 bridgehead atoms. The largest absolute Gasteiger partial charge is 0.446 e. The van der Waals surface area contributed by atoms with Crippen molar-refractivity contribution in [3.63, 3.8) is 0 Å². The molecule has 2 aromatic heterocycles. The Morgan fingerprint density at radius 2 is 2.29 bits per heavy atom. The Kier molecular flexibility index (Phi) is 6.06. The van der Waals surface area contributed by atoms with Gasteiger partial charge in [-0.3, -0.25) is 4.52 Å². The Balaban J connectivity index is 1.86. The molecule has 3 aromatic rings. The molecule has 0 saturated heterocycles. The van der Waals surface area contributed by atoms with Gasteiger partial charge in [0.25, 0.3) is 5.96 Å². The van der Waals surface area contributed by atoms with Gasteiger partial charge in [-0.05, 0) is 44.4 Å². The van der Waals surface area contributed by atoms with Crippen LogP contribution in [0.4, 0.5) is 4.39 Å². The molecule has 0 aliphatic rings. The molecule has 0 fully saturated rings. The van der Waals surface area contributed by atoms with E-state index in [1.807, 2.05) is 0 Å². The number of hydrogen-bond donors (Lipinski definition) is 2. The number of rotatable bonds is 6. The number of aromatic nitrogens is 4. The molecule has 0 radical (unpaired) electrons. The zero-order chi connectivity index (χ0) is 20.1. The fourth-order valence-corrected chi connectivity index (χ4v) is 3.16. The second-order valence-electron chi connectivity index (χ2n) is 4.96. The zero-order valence-corrected chi connectivity index (χ0v) is 16.2. The number of aliphatic imine (C=N–C) groups is 1. The van der Waals surface area contributed by atoms with E-state index in [0.717, 1.165) is 4.57 Å². The number of nitrogens with one attached hydrogen (secondary N) is 1. The van der Waals surface area contributed by atoms with Gasteiger partial charge in [0.1, 0.15) is 5.82 Å². The summed E-state index contributed by atoms with van der Waals surface area (Å²) in [6, 6.07) is 3.99. The molecule has 1 aromatic carbocycles. The second kappa shape index (κ2) is 8.67. The summed E-state index contributed by atoms with van der Waals surface area (Å²) in [5.74, 6) is -0.783. The van der Waals surface area contributed by atoms with Gasteiger partial charge in [-0.25, -0.2) is 23.4 Å². The van der Waals surface area contributed by atoms with Gasteiger partial charge in [0.2, 0.25) is 5.82 Å². The molecule has 0 aliphatic carbocycles. The molecule has 0 amide bonds. The summed E-state index contributed by atoms with van der Waals surface area (Å²) in [4.78, 5) is 19.0. The normalized spacial score (nSPS) is 11.4. The minimum absolute atomic E-state index is 0.00123. The summed E-state index contributed by atoms with van der Waals surface area (Å²) in [7, 11) is 0. The van der Waals surface area contributed by atoms with Gasteiger partial charge in [-0.1, -0.05) is 22.3 Å². The SMILES string of the molecule is [C-]#[N+]NC(N)=NCCSc1nonc1-c1noc(=O)n1-c1ccc(F)c(Br)c1. The summed E-state index contributed by atoms with van der Waals surface area (Å²) in [6.45, 7) is 6.91. The molecule has 144 valence electrons. The molecule has 11 nitrogen and oxygen atoms in total. The first-order valence-electron chi connectivity index (χ1n) is 7.43. The Bertz CT molecular complexity index is 1120. The highest BCUT2D eigenvalue weighted by Gasteiger charge is 2.23. The van der Waals surface area contributed by atoms with Gasteiger partial charge in [0.05, 0.1) is 16.7 Å². The minimum atomic E-state index is -0.782. The van der Waals surface area contributed by atoms with E-state index in [1.165, 1.54) is 30.0 Å². The molecule has 3 rings (SSSR count). The smallest absolute Gasteiger partial charge is 0.365 e. The average molecular weight is 469 g/mol. The fourth-order valence-electron chi connectivity index (χ4n) is 2.06. The van der Waals surface area contributed by atoms with Crippen LogP contribution in [0.5, 0.6) is 0 Å². The summed E-state index contributed by atoms with van der Waals surface area (Å²) in [5, 5.41) is 11.6. The first-order chi connectivity index (χ1) is 13.5. The van der Waals surface area contributed by atoms with E-state index in [2.05, 4.69) is 46.8 Å². The molecule has 28 heavy (non-hydrogen) atoms. The topological polar surface area (TPSA) is 142 Å². The number of nitrogens with zero attached hydrogens (tertiary/aromatic N) is 6. The van der Waals surface area contributed by atoms with E-state index in [1.54, 1.807) is 0 Å². The van der Waals surface area contributed by atoms with E-state index >= 15 is 0 Å². The lowest BCUT2D eigenvalue weighted by Crippen LogP contribution is -2.26. The Morgan fingerprint density at radius 1 is 1.46 bits per heavy atom. The minimum Gasteiger partial charge on any atom is -0.365 e. The van der Waals surface area contributed by atoms with Crippen LogP contribution in [0.1, 0.15) is 0 Å². The third-order valence-electron chi connectivity index (χ3n) is 3.22. The van der Waals surface area contributed by atoms with Crippen molar-refractivity contribution in [2.45, 2.75) is 5.03 Å². The van der Waals surface area contributed by atoms with Crippen molar-refractivity contribution in [1.29, 1.82) is 0 Å². The molecular formula is C14H10BrFN8O3S. The number of hydrogen-bond acceptors (Lipinski definition) is 8. The highest BCUT2D eigenvalue weighted by atomic mass is 79.9. The summed E-state index contributed by atoms with van der Waals surface area (Å²) >= 11 is 4.30. The van der Waals surface area contributed by atoms with E-state index in [0.29, 0.717) is 23.0 Å². The lowest BCUT2D eigenvalue weighted by molar-refractivity contribution is 0.299. The summed E-state index contributed by atoms with van der Waals surface area (Å²) in [5.41, 5.74) is 8.13. The molecule has 2 heterocycles. The highest BCUT2D eigenvalue weighted by molar-refractivity contribution is 9.10. The second-order valence-corrected chi connectivity index (χ2v) is 6.90. The Labute approximate surface area is 168 Å². The van der Waals surface area contributed by atoms with Crippen LogP contribution in [-0.2, 0) is 0 Å². The maximum atomic E-state index is 13.5. The van der Waals surface area contributed by atoms with Crippen LogP contribution >= 0.6 is 27.7 Å². The molecule has 3 N–H and O–H groups in total. The van der Waals surface area contributed by atoms with Gasteiger partial charge < -0.3 is 5.73 Å². The predicted octanol–water partition coefficient (Wildman–Crippen LogP) is 1.61. The fraction of sp³-hybridized carbons (Fsp3) is 0.143. The summed E-state index contributed by atoms with van der Waals surface area (Å²) in [6.07, 6.45) is 0. The van der Waals surface area contributed by atoms with Gasteiger partial charge in [-0.2, -0.15) is 11.5 Å². The van der Waals surface area contributed by atoms with Crippen molar-refractivity contribution in [2.75, 3.05) is 12.3 Å². The maximum Gasteiger partial charge on any atom is 0.446 e. The third kappa shape index (κ3) is 4.21. The number of nitrogens with two attached hydrogens (primary N) is 1. The Morgan fingerprint density at radius 3 is 3.04 bits per heavy atom. The monoisotopic (exact) mass is 468 g/mol. The lowest BCUT2D eigenvalue weighted by Gasteiger charge is -2.04. The van der Waals surface area contributed by atoms with Crippen LogP contribution in [0, 0.1) is 12.4 Å². The molecule has 14 heteroatoms. The molecule has 0 unspecified atom stereocenters. The molecular weight excluding hydrogens is 459 g/mol. The Hall–Kier alpha value is -3.18. The van der Waals surface area contributed by atoms with Crippen LogP contribution in [0.25, 0.3) is 22.2 Å². The first kappa shape index (κ1) is 19.6. The predicted molar refractivity (Wildman–Crippen MR) is 100 cm³/mol. The molecule has 0 atom stereocenters. The third-order valence-corrected chi connectivity index (χ3v) is 4.75.